The van der Waals surface area contributed by atoms with Crippen LogP contribution in [-0.2, 0) is 18.3 Å². The zero-order valence-corrected chi connectivity index (χ0v) is 11.7. The number of aromatic amines is 1. The van der Waals surface area contributed by atoms with E-state index in [0.717, 1.165) is 10.4 Å². The first-order valence-corrected chi connectivity index (χ1v) is 7.02. The Balaban J connectivity index is 1.80. The lowest BCUT2D eigenvalue weighted by molar-refractivity contribution is -0.115. The summed E-state index contributed by atoms with van der Waals surface area (Å²) >= 11 is 1.56. The van der Waals surface area contributed by atoms with E-state index < -0.39 is 0 Å². The Labute approximate surface area is 118 Å². The molecule has 0 atom stereocenters. The quantitative estimate of drug-likeness (QED) is 0.774. The molecule has 0 saturated heterocycles. The van der Waals surface area contributed by atoms with Gasteiger partial charge in [-0.15, -0.1) is 11.3 Å². The predicted molar refractivity (Wildman–Crippen MR) is 80.2 cm³/mol. The van der Waals surface area contributed by atoms with Gasteiger partial charge in [0.25, 0.3) is 0 Å². The molecule has 0 aliphatic heterocycles. The largest absolute Gasteiger partial charge is 0.326 e. The fraction of sp³-hybridized carbons (Fsp3) is 0.143. The standard InChI is InChI=1S/C14H13N3O2S/c1-17-12-5-4-9(7-11(12)16-14(17)19)15-13(18)8-10-3-2-6-20-10/h2-7H,8H2,1H3,(H,15,18)(H,16,19). The minimum absolute atomic E-state index is 0.0647. The number of carbonyl (C=O) groups excluding carboxylic acids is 1. The fourth-order valence-electron chi connectivity index (χ4n) is 2.09. The first-order valence-electron chi connectivity index (χ1n) is 6.14. The molecule has 0 spiro atoms. The molecular formula is C14H13N3O2S. The molecule has 0 radical (unpaired) electrons. The highest BCUT2D eigenvalue weighted by Gasteiger charge is 2.07. The van der Waals surface area contributed by atoms with Crippen LogP contribution in [0.4, 0.5) is 5.69 Å². The molecule has 2 heterocycles. The Bertz CT molecular complexity index is 815. The molecular weight excluding hydrogens is 274 g/mol. The monoisotopic (exact) mass is 287 g/mol. The number of amides is 1. The molecule has 0 unspecified atom stereocenters. The number of nitrogens with zero attached hydrogens (tertiary/aromatic N) is 1. The molecule has 0 fully saturated rings. The smallest absolute Gasteiger partial charge is 0.326 e. The maximum Gasteiger partial charge on any atom is 0.326 e. The summed E-state index contributed by atoms with van der Waals surface area (Å²) in [5, 5.41) is 4.79. The van der Waals surface area contributed by atoms with Crippen LogP contribution >= 0.6 is 11.3 Å². The Morgan fingerprint density at radius 2 is 2.25 bits per heavy atom. The second kappa shape index (κ2) is 4.97. The highest BCUT2D eigenvalue weighted by Crippen LogP contribution is 2.17. The van der Waals surface area contributed by atoms with Crippen molar-refractivity contribution >= 4 is 34.0 Å². The van der Waals surface area contributed by atoms with Crippen molar-refractivity contribution in [2.45, 2.75) is 6.42 Å². The number of aromatic nitrogens is 2. The summed E-state index contributed by atoms with van der Waals surface area (Å²) < 4.78 is 1.53. The van der Waals surface area contributed by atoms with Crippen LogP contribution in [0, 0.1) is 0 Å². The van der Waals surface area contributed by atoms with Crippen molar-refractivity contribution in [3.63, 3.8) is 0 Å². The third-order valence-electron chi connectivity index (χ3n) is 3.10. The first kappa shape index (κ1) is 12.7. The number of carbonyl (C=O) groups is 1. The second-order valence-corrected chi connectivity index (χ2v) is 5.56. The van der Waals surface area contributed by atoms with Gasteiger partial charge in [-0.2, -0.15) is 0 Å². The van der Waals surface area contributed by atoms with Crippen molar-refractivity contribution in [2.24, 2.45) is 7.05 Å². The third-order valence-corrected chi connectivity index (χ3v) is 3.98. The van der Waals surface area contributed by atoms with Crippen molar-refractivity contribution in [1.82, 2.24) is 9.55 Å². The lowest BCUT2D eigenvalue weighted by Crippen LogP contribution is -2.13. The van der Waals surface area contributed by atoms with Crippen LogP contribution in [0.5, 0.6) is 0 Å². The molecule has 0 bridgehead atoms. The Kier molecular flexibility index (Phi) is 3.15. The van der Waals surface area contributed by atoms with E-state index in [2.05, 4.69) is 10.3 Å². The molecule has 20 heavy (non-hydrogen) atoms. The summed E-state index contributed by atoms with van der Waals surface area (Å²) in [6, 6.07) is 9.23. The summed E-state index contributed by atoms with van der Waals surface area (Å²) in [6.07, 6.45) is 0.362. The van der Waals surface area contributed by atoms with Crippen molar-refractivity contribution in [1.29, 1.82) is 0 Å². The topological polar surface area (TPSA) is 66.9 Å². The van der Waals surface area contributed by atoms with Gasteiger partial charge in [0.1, 0.15) is 0 Å². The third kappa shape index (κ3) is 2.37. The van der Waals surface area contributed by atoms with Gasteiger partial charge < -0.3 is 10.3 Å². The maximum absolute atomic E-state index is 11.9. The van der Waals surface area contributed by atoms with Gasteiger partial charge in [0.2, 0.25) is 5.91 Å². The summed E-state index contributed by atoms with van der Waals surface area (Å²) in [6.45, 7) is 0. The second-order valence-electron chi connectivity index (χ2n) is 4.53. The molecule has 3 aromatic rings. The first-order chi connectivity index (χ1) is 9.63. The SMILES string of the molecule is Cn1c(=O)[nH]c2cc(NC(=O)Cc3cccs3)ccc21. The number of fused-ring (bicyclic) bond motifs is 1. The number of benzene rings is 1. The maximum atomic E-state index is 11.9. The molecule has 1 amide bonds. The Morgan fingerprint density at radius 1 is 1.40 bits per heavy atom. The number of anilines is 1. The number of rotatable bonds is 3. The van der Waals surface area contributed by atoms with E-state index in [0.29, 0.717) is 17.6 Å². The van der Waals surface area contributed by atoms with Gasteiger partial charge in [0.05, 0.1) is 17.5 Å². The zero-order valence-electron chi connectivity index (χ0n) is 10.8. The van der Waals surface area contributed by atoms with Gasteiger partial charge >= 0.3 is 5.69 Å². The normalized spacial score (nSPS) is 10.8. The van der Waals surface area contributed by atoms with Gasteiger partial charge in [-0.1, -0.05) is 6.07 Å². The number of imidazole rings is 1. The highest BCUT2D eigenvalue weighted by molar-refractivity contribution is 7.10. The molecule has 0 aliphatic carbocycles. The average molecular weight is 287 g/mol. The van der Waals surface area contributed by atoms with E-state index in [9.17, 15) is 9.59 Å². The molecule has 6 heteroatoms. The fourth-order valence-corrected chi connectivity index (χ4v) is 2.79. The van der Waals surface area contributed by atoms with Crippen LogP contribution in [0.1, 0.15) is 4.88 Å². The number of H-pyrrole nitrogens is 1. The van der Waals surface area contributed by atoms with Crippen molar-refractivity contribution in [3.05, 3.63) is 51.1 Å². The number of aryl methyl sites for hydroxylation is 1. The highest BCUT2D eigenvalue weighted by atomic mass is 32.1. The molecule has 5 nitrogen and oxygen atoms in total. The summed E-state index contributed by atoms with van der Waals surface area (Å²) in [4.78, 5) is 27.2. The minimum atomic E-state index is -0.165. The molecule has 1 aromatic carbocycles. The van der Waals surface area contributed by atoms with Crippen LogP contribution < -0.4 is 11.0 Å². The van der Waals surface area contributed by atoms with E-state index in [4.69, 9.17) is 0 Å². The van der Waals surface area contributed by atoms with Gasteiger partial charge in [0.15, 0.2) is 0 Å². The van der Waals surface area contributed by atoms with E-state index in [-0.39, 0.29) is 11.6 Å². The van der Waals surface area contributed by atoms with Crippen molar-refractivity contribution in [2.75, 3.05) is 5.32 Å². The van der Waals surface area contributed by atoms with Crippen LogP contribution in [0.3, 0.4) is 0 Å². The van der Waals surface area contributed by atoms with Crippen molar-refractivity contribution < 1.29 is 4.79 Å². The zero-order chi connectivity index (χ0) is 14.1. The number of hydrogen-bond donors (Lipinski definition) is 2. The number of nitrogens with one attached hydrogen (secondary N) is 2. The van der Waals surface area contributed by atoms with E-state index in [1.165, 1.54) is 4.57 Å². The van der Waals surface area contributed by atoms with Crippen LogP contribution in [0.15, 0.2) is 40.5 Å². The summed E-state index contributed by atoms with van der Waals surface area (Å²) in [5.74, 6) is -0.0647. The molecule has 0 saturated carbocycles. The molecule has 2 aromatic heterocycles. The Hall–Kier alpha value is -2.34. The summed E-state index contributed by atoms with van der Waals surface area (Å²) in [5.41, 5.74) is 2.04. The number of thiophene rings is 1. The van der Waals surface area contributed by atoms with E-state index in [1.807, 2.05) is 23.6 Å². The molecule has 0 aliphatic rings. The molecule has 102 valence electrons. The van der Waals surface area contributed by atoms with Crippen molar-refractivity contribution in [3.8, 4) is 0 Å². The van der Waals surface area contributed by atoms with Gasteiger partial charge in [0, 0.05) is 17.6 Å². The van der Waals surface area contributed by atoms with E-state index in [1.54, 1.807) is 30.5 Å². The predicted octanol–water partition coefficient (Wildman–Crippen LogP) is 2.11. The van der Waals surface area contributed by atoms with Gasteiger partial charge in [-0.25, -0.2) is 4.79 Å². The lowest BCUT2D eigenvalue weighted by atomic mass is 10.2. The minimum Gasteiger partial charge on any atom is -0.326 e. The average Bonchev–Trinajstić information content (AvgIpc) is 2.99. The van der Waals surface area contributed by atoms with Crippen LogP contribution in [-0.4, -0.2) is 15.5 Å². The van der Waals surface area contributed by atoms with Crippen LogP contribution in [0.2, 0.25) is 0 Å². The van der Waals surface area contributed by atoms with Gasteiger partial charge in [-0.05, 0) is 29.6 Å². The van der Waals surface area contributed by atoms with E-state index >= 15 is 0 Å². The molecule has 3 rings (SSSR count). The summed E-state index contributed by atoms with van der Waals surface area (Å²) in [7, 11) is 1.70. The lowest BCUT2D eigenvalue weighted by Gasteiger charge is -2.04. The number of hydrogen-bond acceptors (Lipinski definition) is 3. The molecule has 2 N–H and O–H groups in total. The van der Waals surface area contributed by atoms with Crippen LogP contribution in [0.25, 0.3) is 11.0 Å². The Morgan fingerprint density at radius 3 is 3.00 bits per heavy atom. The van der Waals surface area contributed by atoms with Gasteiger partial charge in [-0.3, -0.25) is 9.36 Å².